The summed E-state index contributed by atoms with van der Waals surface area (Å²) in [5, 5.41) is 3.40. The van der Waals surface area contributed by atoms with Crippen molar-refractivity contribution in [1.82, 2.24) is 5.32 Å². The number of benzene rings is 2. The maximum absolute atomic E-state index is 3.40. The van der Waals surface area contributed by atoms with Crippen LogP contribution in [0.2, 0.25) is 0 Å². The molecule has 0 aliphatic rings. The van der Waals surface area contributed by atoms with Gasteiger partial charge in [-0.05, 0) is 18.1 Å². The second-order valence-electron chi connectivity index (χ2n) is 4.43. The molecular weight excluding hydrogens is 218 g/mol. The molecule has 18 heavy (non-hydrogen) atoms. The van der Waals surface area contributed by atoms with E-state index in [9.17, 15) is 0 Å². The zero-order chi connectivity index (χ0) is 12.6. The van der Waals surface area contributed by atoms with E-state index in [2.05, 4.69) is 72.9 Å². The van der Waals surface area contributed by atoms with Gasteiger partial charge in [0.25, 0.3) is 0 Å². The van der Waals surface area contributed by atoms with Gasteiger partial charge in [0.1, 0.15) is 0 Å². The average molecular weight is 237 g/mol. The molecule has 0 spiro atoms. The summed E-state index contributed by atoms with van der Waals surface area (Å²) < 4.78 is 0. The zero-order valence-electron chi connectivity index (χ0n) is 10.8. The Morgan fingerprint density at radius 2 is 1.67 bits per heavy atom. The topological polar surface area (TPSA) is 12.0 Å². The Morgan fingerprint density at radius 1 is 0.944 bits per heavy atom. The number of aryl methyl sites for hydroxylation is 1. The molecule has 0 aromatic heterocycles. The molecule has 0 aliphatic heterocycles. The summed E-state index contributed by atoms with van der Waals surface area (Å²) in [4.78, 5) is 0. The fraction of sp³-hybridized carbons (Fsp3) is 0.176. The van der Waals surface area contributed by atoms with Gasteiger partial charge >= 0.3 is 0 Å². The average Bonchev–Trinajstić information content (AvgIpc) is 2.42. The van der Waals surface area contributed by atoms with Gasteiger partial charge in [-0.2, -0.15) is 0 Å². The first-order chi connectivity index (χ1) is 8.84. The highest BCUT2D eigenvalue weighted by Gasteiger charge is 1.90. The first-order valence-corrected chi connectivity index (χ1v) is 6.32. The van der Waals surface area contributed by atoms with Crippen LogP contribution >= 0.6 is 0 Å². The van der Waals surface area contributed by atoms with Crippen LogP contribution in [0.1, 0.15) is 16.7 Å². The molecule has 0 radical (unpaired) electrons. The van der Waals surface area contributed by atoms with Crippen molar-refractivity contribution in [2.24, 2.45) is 0 Å². The van der Waals surface area contributed by atoms with Crippen molar-refractivity contribution >= 4 is 6.08 Å². The van der Waals surface area contributed by atoms with Crippen LogP contribution in [0.3, 0.4) is 0 Å². The number of rotatable bonds is 5. The summed E-state index contributed by atoms with van der Waals surface area (Å²) in [6.45, 7) is 3.92. The van der Waals surface area contributed by atoms with Gasteiger partial charge in [0.05, 0.1) is 0 Å². The fourth-order valence-corrected chi connectivity index (χ4v) is 1.76. The minimum Gasteiger partial charge on any atom is -0.309 e. The van der Waals surface area contributed by atoms with Crippen molar-refractivity contribution in [1.29, 1.82) is 0 Å². The fourth-order valence-electron chi connectivity index (χ4n) is 1.76. The van der Waals surface area contributed by atoms with Crippen molar-refractivity contribution in [3.05, 3.63) is 77.4 Å². The van der Waals surface area contributed by atoms with Crippen molar-refractivity contribution in [2.45, 2.75) is 13.5 Å². The Morgan fingerprint density at radius 3 is 2.39 bits per heavy atom. The highest BCUT2D eigenvalue weighted by atomic mass is 14.8. The maximum atomic E-state index is 3.40. The molecule has 2 aromatic carbocycles. The summed E-state index contributed by atoms with van der Waals surface area (Å²) in [6.07, 6.45) is 4.30. The standard InChI is InChI=1S/C17H19N/c1-15-9-11-17(12-10-15)14-18-13-5-8-16-6-3-2-4-7-16/h2-12,18H,13-14H2,1H3/b8-5+. The highest BCUT2D eigenvalue weighted by Crippen LogP contribution is 2.03. The second-order valence-corrected chi connectivity index (χ2v) is 4.43. The zero-order valence-corrected chi connectivity index (χ0v) is 10.8. The summed E-state index contributed by atoms with van der Waals surface area (Å²) in [5.41, 5.74) is 3.88. The molecule has 0 unspecified atom stereocenters. The van der Waals surface area contributed by atoms with E-state index in [-0.39, 0.29) is 0 Å². The molecule has 1 heteroatoms. The molecule has 1 N–H and O–H groups in total. The van der Waals surface area contributed by atoms with E-state index in [1.807, 2.05) is 6.07 Å². The first-order valence-electron chi connectivity index (χ1n) is 6.32. The van der Waals surface area contributed by atoms with Crippen molar-refractivity contribution < 1.29 is 0 Å². The largest absolute Gasteiger partial charge is 0.309 e. The van der Waals surface area contributed by atoms with Gasteiger partial charge in [0.15, 0.2) is 0 Å². The lowest BCUT2D eigenvalue weighted by Gasteiger charge is -2.02. The summed E-state index contributed by atoms with van der Waals surface area (Å²) >= 11 is 0. The molecule has 0 heterocycles. The Labute approximate surface area is 109 Å². The lowest BCUT2D eigenvalue weighted by atomic mass is 10.1. The van der Waals surface area contributed by atoms with Crippen LogP contribution in [0.25, 0.3) is 6.08 Å². The minimum absolute atomic E-state index is 0.892. The molecule has 1 nitrogen and oxygen atoms in total. The SMILES string of the molecule is Cc1ccc(CNC/C=C/c2ccccc2)cc1. The van der Waals surface area contributed by atoms with Crippen LogP contribution in [0.5, 0.6) is 0 Å². The van der Waals surface area contributed by atoms with Gasteiger partial charge in [-0.1, -0.05) is 72.3 Å². The Bertz CT molecular complexity index is 483. The van der Waals surface area contributed by atoms with Crippen LogP contribution in [-0.2, 0) is 6.54 Å². The van der Waals surface area contributed by atoms with E-state index in [4.69, 9.17) is 0 Å². The monoisotopic (exact) mass is 237 g/mol. The van der Waals surface area contributed by atoms with Gasteiger partial charge in [-0.3, -0.25) is 0 Å². The summed E-state index contributed by atoms with van der Waals surface area (Å²) in [7, 11) is 0. The van der Waals surface area contributed by atoms with Gasteiger partial charge in [0.2, 0.25) is 0 Å². The van der Waals surface area contributed by atoms with Crippen LogP contribution in [0.4, 0.5) is 0 Å². The lowest BCUT2D eigenvalue weighted by molar-refractivity contribution is 0.761. The van der Waals surface area contributed by atoms with E-state index in [0.717, 1.165) is 13.1 Å². The molecule has 92 valence electrons. The van der Waals surface area contributed by atoms with Crippen LogP contribution in [0.15, 0.2) is 60.7 Å². The van der Waals surface area contributed by atoms with Gasteiger partial charge in [0, 0.05) is 13.1 Å². The molecule has 2 rings (SSSR count). The molecule has 0 aliphatic carbocycles. The van der Waals surface area contributed by atoms with Crippen LogP contribution in [-0.4, -0.2) is 6.54 Å². The Kier molecular flexibility index (Phi) is 4.74. The number of hydrogen-bond acceptors (Lipinski definition) is 1. The number of hydrogen-bond donors (Lipinski definition) is 1. The molecular formula is C17H19N. The molecule has 0 saturated heterocycles. The molecule has 2 aromatic rings. The van der Waals surface area contributed by atoms with E-state index < -0.39 is 0 Å². The van der Waals surface area contributed by atoms with Crippen LogP contribution in [0, 0.1) is 6.92 Å². The lowest BCUT2D eigenvalue weighted by Crippen LogP contribution is -2.12. The molecule has 0 bridgehead atoms. The third-order valence-electron chi connectivity index (χ3n) is 2.82. The number of nitrogens with one attached hydrogen (secondary N) is 1. The third-order valence-corrected chi connectivity index (χ3v) is 2.82. The van der Waals surface area contributed by atoms with Crippen LogP contribution < -0.4 is 5.32 Å². The van der Waals surface area contributed by atoms with E-state index >= 15 is 0 Å². The predicted octanol–water partition coefficient (Wildman–Crippen LogP) is 3.80. The van der Waals surface area contributed by atoms with Crippen molar-refractivity contribution in [2.75, 3.05) is 6.54 Å². The first kappa shape index (κ1) is 12.6. The Balaban J connectivity index is 1.73. The van der Waals surface area contributed by atoms with Gasteiger partial charge < -0.3 is 5.32 Å². The third kappa shape index (κ3) is 4.19. The van der Waals surface area contributed by atoms with E-state index in [0.29, 0.717) is 0 Å². The van der Waals surface area contributed by atoms with Gasteiger partial charge in [-0.25, -0.2) is 0 Å². The second kappa shape index (κ2) is 6.77. The Hall–Kier alpha value is -1.86. The molecule has 0 fully saturated rings. The molecule has 0 saturated carbocycles. The molecule has 0 amide bonds. The summed E-state index contributed by atoms with van der Waals surface area (Å²) in [5.74, 6) is 0. The quantitative estimate of drug-likeness (QED) is 0.780. The minimum atomic E-state index is 0.892. The van der Waals surface area contributed by atoms with Crippen molar-refractivity contribution in [3.8, 4) is 0 Å². The normalized spacial score (nSPS) is 10.9. The maximum Gasteiger partial charge on any atom is 0.0208 e. The van der Waals surface area contributed by atoms with E-state index in [1.54, 1.807) is 0 Å². The van der Waals surface area contributed by atoms with Crippen molar-refractivity contribution in [3.63, 3.8) is 0 Å². The van der Waals surface area contributed by atoms with Gasteiger partial charge in [-0.15, -0.1) is 0 Å². The summed E-state index contributed by atoms with van der Waals surface area (Å²) in [6, 6.07) is 19.0. The van der Waals surface area contributed by atoms with E-state index in [1.165, 1.54) is 16.7 Å². The highest BCUT2D eigenvalue weighted by molar-refractivity contribution is 5.48. The predicted molar refractivity (Wildman–Crippen MR) is 78.4 cm³/mol. The smallest absolute Gasteiger partial charge is 0.0208 e. The molecule has 0 atom stereocenters.